The van der Waals surface area contributed by atoms with Crippen molar-refractivity contribution < 1.29 is 8.42 Å². The molecule has 2 heterocycles. The third kappa shape index (κ3) is 3.10. The molecule has 0 spiro atoms. The van der Waals surface area contributed by atoms with E-state index in [9.17, 15) is 8.42 Å². The number of sulfonamides is 1. The number of fused-ring (bicyclic) bond motifs is 1. The SMILES string of the molecule is CCn1nc(C)c(S(=O)(=O)N(Cc2nn(C)c3c2CCC3)C2CCCC2)c1C. The first-order valence-electron chi connectivity index (χ1n) is 10.4. The predicted molar refractivity (Wildman–Crippen MR) is 108 cm³/mol. The van der Waals surface area contributed by atoms with Crippen LogP contribution in [0.4, 0.5) is 0 Å². The van der Waals surface area contributed by atoms with Gasteiger partial charge in [-0.2, -0.15) is 14.5 Å². The van der Waals surface area contributed by atoms with Crippen LogP contribution in [0, 0.1) is 13.8 Å². The molecule has 0 unspecified atom stereocenters. The van der Waals surface area contributed by atoms with E-state index in [2.05, 4.69) is 5.10 Å². The first kappa shape index (κ1) is 19.6. The molecule has 2 aromatic heterocycles. The normalized spacial score (nSPS) is 17.8. The Hall–Kier alpha value is -1.67. The fourth-order valence-corrected chi connectivity index (χ4v) is 7.08. The summed E-state index contributed by atoms with van der Waals surface area (Å²) >= 11 is 0. The van der Waals surface area contributed by atoms with Gasteiger partial charge in [-0.25, -0.2) is 8.42 Å². The molecule has 0 amide bonds. The zero-order chi connectivity index (χ0) is 20.1. The molecule has 0 saturated heterocycles. The Bertz CT molecular complexity index is 983. The van der Waals surface area contributed by atoms with Crippen LogP contribution in [0.2, 0.25) is 0 Å². The Balaban J connectivity index is 1.77. The highest BCUT2D eigenvalue weighted by atomic mass is 32.2. The number of hydrogen-bond acceptors (Lipinski definition) is 4. The Morgan fingerprint density at radius 2 is 1.82 bits per heavy atom. The molecule has 2 aromatic rings. The molecule has 1 fully saturated rings. The van der Waals surface area contributed by atoms with Crippen LogP contribution in [-0.2, 0) is 43.0 Å². The van der Waals surface area contributed by atoms with E-state index < -0.39 is 10.0 Å². The Morgan fingerprint density at radius 1 is 1.11 bits per heavy atom. The van der Waals surface area contributed by atoms with Crippen LogP contribution in [0.3, 0.4) is 0 Å². The Labute approximate surface area is 167 Å². The van der Waals surface area contributed by atoms with Gasteiger partial charge in [0.2, 0.25) is 10.0 Å². The van der Waals surface area contributed by atoms with Gasteiger partial charge in [0.1, 0.15) is 4.90 Å². The average molecular weight is 406 g/mol. The van der Waals surface area contributed by atoms with E-state index in [1.54, 1.807) is 15.9 Å². The van der Waals surface area contributed by atoms with Crippen LogP contribution < -0.4 is 0 Å². The maximum Gasteiger partial charge on any atom is 0.247 e. The summed E-state index contributed by atoms with van der Waals surface area (Å²) in [6.07, 6.45) is 7.19. The average Bonchev–Trinajstić information content (AvgIpc) is 3.40. The standard InChI is InChI=1S/C20H31N5O2S/c1-5-24-15(3)20(14(2)21-24)28(26,27)25(16-9-6-7-10-16)13-18-17-11-8-12-19(17)23(4)22-18/h16H,5-13H2,1-4H3. The summed E-state index contributed by atoms with van der Waals surface area (Å²) in [5, 5.41) is 9.17. The molecule has 0 aliphatic heterocycles. The molecule has 154 valence electrons. The van der Waals surface area contributed by atoms with Crippen LogP contribution in [0.5, 0.6) is 0 Å². The van der Waals surface area contributed by atoms with Gasteiger partial charge in [0.25, 0.3) is 0 Å². The molecule has 2 aliphatic rings. The van der Waals surface area contributed by atoms with Crippen LogP contribution in [0.25, 0.3) is 0 Å². The van der Waals surface area contributed by atoms with E-state index >= 15 is 0 Å². The molecule has 28 heavy (non-hydrogen) atoms. The van der Waals surface area contributed by atoms with Gasteiger partial charge in [-0.05, 0) is 58.4 Å². The van der Waals surface area contributed by atoms with Crippen molar-refractivity contribution >= 4 is 10.0 Å². The fraction of sp³-hybridized carbons (Fsp3) is 0.700. The lowest BCUT2D eigenvalue weighted by Gasteiger charge is -2.28. The number of aromatic nitrogens is 4. The molecule has 7 nitrogen and oxygen atoms in total. The van der Waals surface area contributed by atoms with Crippen molar-refractivity contribution in [3.63, 3.8) is 0 Å². The lowest BCUT2D eigenvalue weighted by Crippen LogP contribution is -2.39. The number of rotatable bonds is 6. The van der Waals surface area contributed by atoms with E-state index in [1.807, 2.05) is 25.6 Å². The van der Waals surface area contributed by atoms with E-state index in [1.165, 1.54) is 11.3 Å². The largest absolute Gasteiger partial charge is 0.272 e. The molecule has 0 aromatic carbocycles. The highest BCUT2D eigenvalue weighted by Crippen LogP contribution is 2.34. The van der Waals surface area contributed by atoms with E-state index in [-0.39, 0.29) is 6.04 Å². The van der Waals surface area contributed by atoms with Gasteiger partial charge in [0.05, 0.1) is 23.6 Å². The molecular weight excluding hydrogens is 374 g/mol. The van der Waals surface area contributed by atoms with Gasteiger partial charge in [0, 0.05) is 25.3 Å². The number of aryl methyl sites for hydroxylation is 3. The van der Waals surface area contributed by atoms with Crippen LogP contribution >= 0.6 is 0 Å². The Morgan fingerprint density at radius 3 is 2.46 bits per heavy atom. The first-order valence-corrected chi connectivity index (χ1v) is 11.9. The predicted octanol–water partition coefficient (Wildman–Crippen LogP) is 2.88. The van der Waals surface area contributed by atoms with Crippen molar-refractivity contribution in [3.05, 3.63) is 28.3 Å². The van der Waals surface area contributed by atoms with E-state index in [0.717, 1.165) is 56.3 Å². The molecule has 0 radical (unpaired) electrons. The molecule has 0 atom stereocenters. The first-order chi connectivity index (χ1) is 13.3. The second kappa shape index (κ2) is 7.30. The second-order valence-electron chi connectivity index (χ2n) is 8.15. The molecule has 0 N–H and O–H groups in total. The molecule has 0 bridgehead atoms. The van der Waals surface area contributed by atoms with Crippen molar-refractivity contribution in [3.8, 4) is 0 Å². The maximum absolute atomic E-state index is 13.8. The van der Waals surface area contributed by atoms with Crippen LogP contribution in [-0.4, -0.2) is 38.3 Å². The maximum atomic E-state index is 13.8. The van der Waals surface area contributed by atoms with Gasteiger partial charge in [-0.15, -0.1) is 0 Å². The molecule has 2 aliphatic carbocycles. The molecular formula is C20H31N5O2S. The van der Waals surface area contributed by atoms with Crippen LogP contribution in [0.1, 0.15) is 67.4 Å². The van der Waals surface area contributed by atoms with Gasteiger partial charge in [0.15, 0.2) is 0 Å². The fourth-order valence-electron chi connectivity index (χ4n) is 5.05. The molecule has 4 rings (SSSR count). The highest BCUT2D eigenvalue weighted by molar-refractivity contribution is 7.89. The molecule has 8 heteroatoms. The van der Waals surface area contributed by atoms with E-state index in [4.69, 9.17) is 5.10 Å². The van der Waals surface area contributed by atoms with Crippen molar-refractivity contribution in [2.75, 3.05) is 0 Å². The van der Waals surface area contributed by atoms with Gasteiger partial charge < -0.3 is 0 Å². The second-order valence-corrected chi connectivity index (χ2v) is 9.98. The lowest BCUT2D eigenvalue weighted by molar-refractivity contribution is 0.311. The van der Waals surface area contributed by atoms with Crippen molar-refractivity contribution in [1.29, 1.82) is 0 Å². The summed E-state index contributed by atoms with van der Waals surface area (Å²) < 4.78 is 33.1. The third-order valence-electron chi connectivity index (χ3n) is 6.42. The van der Waals surface area contributed by atoms with Crippen molar-refractivity contribution in [2.45, 2.75) is 89.7 Å². The zero-order valence-electron chi connectivity index (χ0n) is 17.4. The smallest absolute Gasteiger partial charge is 0.247 e. The summed E-state index contributed by atoms with van der Waals surface area (Å²) in [5.74, 6) is 0. The summed E-state index contributed by atoms with van der Waals surface area (Å²) in [4.78, 5) is 0.383. The minimum atomic E-state index is -3.64. The van der Waals surface area contributed by atoms with Gasteiger partial charge >= 0.3 is 0 Å². The topological polar surface area (TPSA) is 73.0 Å². The minimum Gasteiger partial charge on any atom is -0.272 e. The zero-order valence-corrected chi connectivity index (χ0v) is 18.2. The minimum absolute atomic E-state index is 0.0489. The Kier molecular flexibility index (Phi) is 5.12. The van der Waals surface area contributed by atoms with Crippen molar-refractivity contribution in [2.24, 2.45) is 7.05 Å². The van der Waals surface area contributed by atoms with E-state index in [0.29, 0.717) is 23.7 Å². The highest BCUT2D eigenvalue weighted by Gasteiger charge is 2.38. The summed E-state index contributed by atoms with van der Waals surface area (Å²) in [6, 6.07) is 0.0489. The quantitative estimate of drug-likeness (QED) is 0.741. The molecule has 1 saturated carbocycles. The van der Waals surface area contributed by atoms with Crippen LogP contribution in [0.15, 0.2) is 4.90 Å². The number of nitrogens with zero attached hydrogens (tertiary/aromatic N) is 5. The van der Waals surface area contributed by atoms with Gasteiger partial charge in [-0.1, -0.05) is 12.8 Å². The summed E-state index contributed by atoms with van der Waals surface area (Å²) in [6.45, 7) is 6.69. The van der Waals surface area contributed by atoms with Crippen molar-refractivity contribution in [1.82, 2.24) is 23.9 Å². The van der Waals surface area contributed by atoms with Gasteiger partial charge in [-0.3, -0.25) is 9.36 Å². The summed E-state index contributed by atoms with van der Waals surface area (Å²) in [5.41, 5.74) is 4.79. The summed E-state index contributed by atoms with van der Waals surface area (Å²) in [7, 11) is -1.67. The third-order valence-corrected chi connectivity index (χ3v) is 8.57. The lowest BCUT2D eigenvalue weighted by atomic mass is 10.2. The monoisotopic (exact) mass is 405 g/mol. The number of hydrogen-bond donors (Lipinski definition) is 0.